The first-order chi connectivity index (χ1) is 7.52. The standard InChI is InChI=1S/C11H17Cl2N3/c1-4-7(2)5-8(3)15-10-9(12)6-14-11(13)16-10/h6-8H,4-5H2,1-3H3,(H,14,15,16). The van der Waals surface area contributed by atoms with Gasteiger partial charge in [0, 0.05) is 6.04 Å². The lowest BCUT2D eigenvalue weighted by Gasteiger charge is -2.18. The summed E-state index contributed by atoms with van der Waals surface area (Å²) in [4.78, 5) is 7.86. The van der Waals surface area contributed by atoms with Gasteiger partial charge in [0.15, 0.2) is 0 Å². The Labute approximate surface area is 107 Å². The van der Waals surface area contributed by atoms with E-state index < -0.39 is 0 Å². The zero-order chi connectivity index (χ0) is 12.1. The molecule has 90 valence electrons. The Kier molecular flexibility index (Phi) is 5.29. The lowest BCUT2D eigenvalue weighted by Crippen LogP contribution is -2.19. The first kappa shape index (κ1) is 13.5. The summed E-state index contributed by atoms with van der Waals surface area (Å²) in [5.41, 5.74) is 0. The summed E-state index contributed by atoms with van der Waals surface area (Å²) in [6.07, 6.45) is 3.76. The third-order valence-electron chi connectivity index (χ3n) is 2.55. The van der Waals surface area contributed by atoms with Gasteiger partial charge in [-0.2, -0.15) is 4.98 Å². The number of rotatable bonds is 5. The third-order valence-corrected chi connectivity index (χ3v) is 3.01. The minimum absolute atomic E-state index is 0.211. The summed E-state index contributed by atoms with van der Waals surface area (Å²) in [7, 11) is 0. The van der Waals surface area contributed by atoms with E-state index in [0.717, 1.165) is 6.42 Å². The van der Waals surface area contributed by atoms with Crippen LogP contribution in [-0.2, 0) is 0 Å². The van der Waals surface area contributed by atoms with Crippen LogP contribution in [0.1, 0.15) is 33.6 Å². The van der Waals surface area contributed by atoms with E-state index in [2.05, 4.69) is 36.1 Å². The fraction of sp³-hybridized carbons (Fsp3) is 0.636. The van der Waals surface area contributed by atoms with Gasteiger partial charge in [0.2, 0.25) is 5.28 Å². The molecule has 1 aromatic heterocycles. The quantitative estimate of drug-likeness (QED) is 0.814. The van der Waals surface area contributed by atoms with Crippen LogP contribution in [0.25, 0.3) is 0 Å². The number of nitrogens with one attached hydrogen (secondary N) is 1. The highest BCUT2D eigenvalue weighted by Gasteiger charge is 2.10. The molecule has 2 unspecified atom stereocenters. The van der Waals surface area contributed by atoms with Crippen LogP contribution in [0.3, 0.4) is 0 Å². The molecule has 0 aliphatic carbocycles. The van der Waals surface area contributed by atoms with E-state index in [0.29, 0.717) is 22.8 Å². The molecule has 0 amide bonds. The number of aromatic nitrogens is 2. The van der Waals surface area contributed by atoms with Crippen LogP contribution in [0.2, 0.25) is 10.3 Å². The van der Waals surface area contributed by atoms with Crippen molar-refractivity contribution in [3.8, 4) is 0 Å². The van der Waals surface area contributed by atoms with Gasteiger partial charge in [-0.1, -0.05) is 31.9 Å². The van der Waals surface area contributed by atoms with Gasteiger partial charge in [-0.25, -0.2) is 4.98 Å². The maximum atomic E-state index is 5.96. The van der Waals surface area contributed by atoms with Crippen molar-refractivity contribution in [2.24, 2.45) is 5.92 Å². The average molecular weight is 262 g/mol. The Morgan fingerprint density at radius 3 is 2.69 bits per heavy atom. The van der Waals surface area contributed by atoms with Crippen molar-refractivity contribution in [1.82, 2.24) is 9.97 Å². The molecule has 0 aliphatic heterocycles. The van der Waals surface area contributed by atoms with Crippen LogP contribution in [0.15, 0.2) is 6.20 Å². The molecule has 0 aromatic carbocycles. The van der Waals surface area contributed by atoms with Crippen LogP contribution >= 0.6 is 23.2 Å². The molecule has 1 heterocycles. The van der Waals surface area contributed by atoms with Gasteiger partial charge in [0.05, 0.1) is 6.20 Å². The third kappa shape index (κ3) is 4.14. The molecular formula is C11H17Cl2N3. The van der Waals surface area contributed by atoms with Gasteiger partial charge >= 0.3 is 0 Å². The molecule has 0 saturated heterocycles. The Bertz CT molecular complexity index is 344. The predicted molar refractivity (Wildman–Crippen MR) is 69.2 cm³/mol. The first-order valence-electron chi connectivity index (χ1n) is 5.47. The second-order valence-corrected chi connectivity index (χ2v) is 4.88. The van der Waals surface area contributed by atoms with E-state index in [4.69, 9.17) is 23.2 Å². The van der Waals surface area contributed by atoms with Crippen molar-refractivity contribution in [1.29, 1.82) is 0 Å². The highest BCUT2D eigenvalue weighted by atomic mass is 35.5. The van der Waals surface area contributed by atoms with E-state index in [1.54, 1.807) is 0 Å². The van der Waals surface area contributed by atoms with Crippen molar-refractivity contribution >= 4 is 29.0 Å². The number of halogens is 2. The molecule has 3 nitrogen and oxygen atoms in total. The zero-order valence-corrected chi connectivity index (χ0v) is 11.3. The molecular weight excluding hydrogens is 245 g/mol. The molecule has 1 N–H and O–H groups in total. The molecule has 0 bridgehead atoms. The Morgan fingerprint density at radius 2 is 2.06 bits per heavy atom. The fourth-order valence-electron chi connectivity index (χ4n) is 1.51. The van der Waals surface area contributed by atoms with Crippen LogP contribution < -0.4 is 5.32 Å². The molecule has 0 aliphatic rings. The molecule has 0 radical (unpaired) electrons. The first-order valence-corrected chi connectivity index (χ1v) is 6.23. The molecule has 0 spiro atoms. The van der Waals surface area contributed by atoms with Crippen molar-refractivity contribution in [2.45, 2.75) is 39.7 Å². The molecule has 0 saturated carbocycles. The van der Waals surface area contributed by atoms with Gasteiger partial charge in [0.25, 0.3) is 0 Å². The van der Waals surface area contributed by atoms with Gasteiger partial charge in [0.1, 0.15) is 10.8 Å². The number of hydrogen-bond donors (Lipinski definition) is 1. The van der Waals surface area contributed by atoms with Crippen LogP contribution in [-0.4, -0.2) is 16.0 Å². The molecule has 1 rings (SSSR count). The van der Waals surface area contributed by atoms with Crippen molar-refractivity contribution in [2.75, 3.05) is 5.32 Å². The predicted octanol–water partition coefficient (Wildman–Crippen LogP) is 4.02. The summed E-state index contributed by atoms with van der Waals surface area (Å²) < 4.78 is 0. The molecule has 5 heteroatoms. The lowest BCUT2D eigenvalue weighted by atomic mass is 10.0. The molecule has 0 fully saturated rings. The Balaban J connectivity index is 2.61. The summed E-state index contributed by atoms with van der Waals surface area (Å²) in [6, 6.07) is 0.318. The second-order valence-electron chi connectivity index (χ2n) is 4.13. The van der Waals surface area contributed by atoms with Crippen molar-refractivity contribution in [3.63, 3.8) is 0 Å². The highest BCUT2D eigenvalue weighted by Crippen LogP contribution is 2.21. The van der Waals surface area contributed by atoms with Crippen LogP contribution in [0.4, 0.5) is 5.82 Å². The number of hydrogen-bond acceptors (Lipinski definition) is 3. The van der Waals surface area contributed by atoms with E-state index in [9.17, 15) is 0 Å². The van der Waals surface area contributed by atoms with Gasteiger partial charge in [-0.15, -0.1) is 0 Å². The molecule has 16 heavy (non-hydrogen) atoms. The Hall–Kier alpha value is -0.540. The van der Waals surface area contributed by atoms with Gasteiger partial charge < -0.3 is 5.32 Å². The van der Waals surface area contributed by atoms with Crippen LogP contribution in [0.5, 0.6) is 0 Å². The smallest absolute Gasteiger partial charge is 0.224 e. The van der Waals surface area contributed by atoms with Gasteiger partial charge in [-0.3, -0.25) is 0 Å². The maximum Gasteiger partial charge on any atom is 0.224 e. The normalized spacial score (nSPS) is 14.6. The minimum atomic E-state index is 0.211. The topological polar surface area (TPSA) is 37.8 Å². The second kappa shape index (κ2) is 6.26. The number of nitrogens with zero attached hydrogens (tertiary/aromatic N) is 2. The minimum Gasteiger partial charge on any atom is -0.366 e. The molecule has 2 atom stereocenters. The zero-order valence-electron chi connectivity index (χ0n) is 9.80. The average Bonchev–Trinajstić information content (AvgIpc) is 2.23. The van der Waals surface area contributed by atoms with Crippen molar-refractivity contribution in [3.05, 3.63) is 16.5 Å². The van der Waals surface area contributed by atoms with E-state index in [-0.39, 0.29) is 5.28 Å². The summed E-state index contributed by atoms with van der Waals surface area (Å²) in [5.74, 6) is 1.29. The Morgan fingerprint density at radius 1 is 1.38 bits per heavy atom. The SMILES string of the molecule is CCC(C)CC(C)Nc1nc(Cl)ncc1Cl. The van der Waals surface area contributed by atoms with Crippen LogP contribution in [0, 0.1) is 5.92 Å². The van der Waals surface area contributed by atoms with E-state index >= 15 is 0 Å². The van der Waals surface area contributed by atoms with Crippen molar-refractivity contribution < 1.29 is 0 Å². The molecule has 1 aromatic rings. The van der Waals surface area contributed by atoms with Gasteiger partial charge in [-0.05, 0) is 30.9 Å². The van der Waals surface area contributed by atoms with E-state index in [1.165, 1.54) is 12.6 Å². The van der Waals surface area contributed by atoms with E-state index in [1.807, 2.05) is 0 Å². The summed E-state index contributed by atoms with van der Waals surface area (Å²) >= 11 is 11.7. The lowest BCUT2D eigenvalue weighted by molar-refractivity contribution is 0.483. The summed E-state index contributed by atoms with van der Waals surface area (Å²) in [6.45, 7) is 6.52. The number of anilines is 1. The highest BCUT2D eigenvalue weighted by molar-refractivity contribution is 6.33. The fourth-order valence-corrected chi connectivity index (χ4v) is 1.79. The largest absolute Gasteiger partial charge is 0.366 e. The monoisotopic (exact) mass is 261 g/mol. The maximum absolute atomic E-state index is 5.96. The summed E-state index contributed by atoms with van der Waals surface area (Å²) in [5, 5.41) is 3.96.